The lowest BCUT2D eigenvalue weighted by Crippen LogP contribution is -2.49. The second-order valence-corrected chi connectivity index (χ2v) is 7.24. The normalized spacial score (nSPS) is 15.4. The first-order chi connectivity index (χ1) is 15.9. The number of nitrogens with zero attached hydrogens (tertiary/aromatic N) is 5. The number of carbonyl (C=O) groups is 2. The number of allylic oxidation sites excluding steroid dienone is 1. The highest BCUT2D eigenvalue weighted by Crippen LogP contribution is 2.20. The largest absolute Gasteiger partial charge is 0.341 e. The van der Waals surface area contributed by atoms with E-state index in [0.717, 1.165) is 18.2 Å². The zero-order valence-corrected chi connectivity index (χ0v) is 18.2. The summed E-state index contributed by atoms with van der Waals surface area (Å²) in [6, 6.07) is 4.27. The standard InChI is InChI=1S/C22H24F2N6O3/c1-3-17(28-20(31)18-15(23)6-4-7-16(18)24)19(25-2)21(32)30(33)14-8-12-29(13-9-14)22-26-10-5-11-27-22/h3-7,10-11,14,33H,8-9,12-13H2,1-2H3,(H,28,31)/b17-3+,25-19?. The number of carbonyl (C=O) groups excluding carboxylic acids is 2. The van der Waals surface area contributed by atoms with Crippen LogP contribution in [-0.2, 0) is 4.79 Å². The fraction of sp³-hybridized carbons (Fsp3) is 0.318. The summed E-state index contributed by atoms with van der Waals surface area (Å²) in [6.07, 6.45) is 5.55. The molecule has 0 spiro atoms. The van der Waals surface area contributed by atoms with Crippen LogP contribution in [0.25, 0.3) is 0 Å². The van der Waals surface area contributed by atoms with Crippen molar-refractivity contribution in [3.8, 4) is 0 Å². The van der Waals surface area contributed by atoms with Gasteiger partial charge in [-0.05, 0) is 38.0 Å². The predicted molar refractivity (Wildman–Crippen MR) is 117 cm³/mol. The van der Waals surface area contributed by atoms with Crippen molar-refractivity contribution in [2.75, 3.05) is 25.0 Å². The summed E-state index contributed by atoms with van der Waals surface area (Å²) in [4.78, 5) is 39.6. The number of rotatable bonds is 6. The average Bonchev–Trinajstić information content (AvgIpc) is 2.83. The second kappa shape index (κ2) is 10.7. The molecule has 11 heteroatoms. The smallest absolute Gasteiger partial charge is 0.297 e. The van der Waals surface area contributed by atoms with E-state index in [0.29, 0.717) is 36.9 Å². The van der Waals surface area contributed by atoms with Crippen LogP contribution < -0.4 is 10.2 Å². The fourth-order valence-electron chi connectivity index (χ4n) is 3.54. The molecule has 1 aliphatic heterocycles. The van der Waals surface area contributed by atoms with Gasteiger partial charge in [-0.25, -0.2) is 23.8 Å². The van der Waals surface area contributed by atoms with Crippen molar-refractivity contribution in [3.05, 3.63) is 65.6 Å². The fourth-order valence-corrected chi connectivity index (χ4v) is 3.54. The van der Waals surface area contributed by atoms with Gasteiger partial charge >= 0.3 is 0 Å². The Morgan fingerprint density at radius 2 is 1.79 bits per heavy atom. The molecule has 1 aromatic heterocycles. The van der Waals surface area contributed by atoms with Gasteiger partial charge in [0, 0.05) is 32.5 Å². The first kappa shape index (κ1) is 23.9. The van der Waals surface area contributed by atoms with Crippen molar-refractivity contribution >= 4 is 23.5 Å². The third kappa shape index (κ3) is 5.37. The first-order valence-corrected chi connectivity index (χ1v) is 10.3. The maximum absolute atomic E-state index is 13.9. The Morgan fingerprint density at radius 3 is 2.33 bits per heavy atom. The van der Waals surface area contributed by atoms with Crippen molar-refractivity contribution in [3.63, 3.8) is 0 Å². The number of anilines is 1. The summed E-state index contributed by atoms with van der Waals surface area (Å²) in [7, 11) is 1.32. The minimum atomic E-state index is -1.08. The molecule has 33 heavy (non-hydrogen) atoms. The van der Waals surface area contributed by atoms with E-state index >= 15 is 0 Å². The Hall–Kier alpha value is -3.73. The van der Waals surface area contributed by atoms with Gasteiger partial charge in [0.15, 0.2) is 0 Å². The van der Waals surface area contributed by atoms with Gasteiger partial charge in [-0.15, -0.1) is 0 Å². The van der Waals surface area contributed by atoms with Crippen molar-refractivity contribution in [2.45, 2.75) is 25.8 Å². The van der Waals surface area contributed by atoms with E-state index < -0.39 is 35.1 Å². The lowest BCUT2D eigenvalue weighted by molar-refractivity contribution is -0.169. The number of aromatic nitrogens is 2. The Kier molecular flexibility index (Phi) is 7.78. The van der Waals surface area contributed by atoms with Crippen LogP contribution in [0.3, 0.4) is 0 Å². The summed E-state index contributed by atoms with van der Waals surface area (Å²) < 4.78 is 27.9. The number of nitrogens with one attached hydrogen (secondary N) is 1. The van der Waals surface area contributed by atoms with Crippen molar-refractivity contribution in [2.24, 2.45) is 4.99 Å². The number of amides is 2. The molecule has 0 atom stereocenters. The highest BCUT2D eigenvalue weighted by atomic mass is 19.1. The summed E-state index contributed by atoms with van der Waals surface area (Å²) in [5.74, 6) is -3.42. The molecule has 0 bridgehead atoms. The number of halogens is 2. The molecule has 1 aliphatic rings. The summed E-state index contributed by atoms with van der Waals surface area (Å²) in [5, 5.41) is 13.5. The van der Waals surface area contributed by atoms with E-state index in [1.807, 2.05) is 4.90 Å². The molecule has 0 radical (unpaired) electrons. The second-order valence-electron chi connectivity index (χ2n) is 7.24. The molecule has 0 aliphatic carbocycles. The van der Waals surface area contributed by atoms with Gasteiger partial charge < -0.3 is 10.2 Å². The van der Waals surface area contributed by atoms with Gasteiger partial charge in [-0.1, -0.05) is 12.1 Å². The van der Waals surface area contributed by atoms with Gasteiger partial charge in [0.25, 0.3) is 11.8 Å². The molecule has 1 fully saturated rings. The quantitative estimate of drug-likeness (QED) is 0.391. The lowest BCUT2D eigenvalue weighted by atomic mass is 10.0. The van der Waals surface area contributed by atoms with E-state index in [1.165, 1.54) is 20.0 Å². The monoisotopic (exact) mass is 458 g/mol. The molecule has 3 rings (SSSR count). The van der Waals surface area contributed by atoms with Crippen molar-refractivity contribution < 1.29 is 23.6 Å². The molecule has 2 amide bonds. The molecule has 1 aromatic carbocycles. The van der Waals surface area contributed by atoms with Crippen LogP contribution in [0.1, 0.15) is 30.1 Å². The molecule has 2 aromatic rings. The number of benzene rings is 1. The number of piperidine rings is 1. The van der Waals surface area contributed by atoms with Gasteiger partial charge in [0.2, 0.25) is 5.95 Å². The highest BCUT2D eigenvalue weighted by molar-refractivity contribution is 6.45. The highest BCUT2D eigenvalue weighted by Gasteiger charge is 2.32. The molecule has 0 unspecified atom stereocenters. The van der Waals surface area contributed by atoms with Gasteiger partial charge in [-0.3, -0.25) is 19.8 Å². The maximum Gasteiger partial charge on any atom is 0.297 e. The maximum atomic E-state index is 13.9. The summed E-state index contributed by atoms with van der Waals surface area (Å²) in [5.41, 5.74) is -1.11. The minimum Gasteiger partial charge on any atom is -0.341 e. The number of hydrogen-bond donors (Lipinski definition) is 2. The van der Waals surface area contributed by atoms with Gasteiger partial charge in [0.1, 0.15) is 22.9 Å². The average molecular weight is 458 g/mol. The molecule has 1 saturated heterocycles. The number of aliphatic imine (C=N–C) groups is 1. The lowest BCUT2D eigenvalue weighted by Gasteiger charge is -2.35. The number of hydrogen-bond acceptors (Lipinski definition) is 7. The van der Waals surface area contributed by atoms with Crippen molar-refractivity contribution in [1.29, 1.82) is 0 Å². The third-order valence-electron chi connectivity index (χ3n) is 5.26. The van der Waals surface area contributed by atoms with Crippen LogP contribution in [0.2, 0.25) is 0 Å². The van der Waals surface area contributed by atoms with Crippen LogP contribution >= 0.6 is 0 Å². The van der Waals surface area contributed by atoms with Crippen LogP contribution in [0.15, 0.2) is 53.4 Å². The van der Waals surface area contributed by atoms with Gasteiger partial charge in [0.05, 0.1) is 11.7 Å². The molecule has 2 N–H and O–H groups in total. The van der Waals surface area contributed by atoms with Gasteiger partial charge in [-0.2, -0.15) is 0 Å². The van der Waals surface area contributed by atoms with E-state index in [9.17, 15) is 23.6 Å². The van der Waals surface area contributed by atoms with Crippen molar-refractivity contribution in [1.82, 2.24) is 20.3 Å². The Morgan fingerprint density at radius 1 is 1.18 bits per heavy atom. The summed E-state index contributed by atoms with van der Waals surface area (Å²) in [6.45, 7) is 2.57. The molecule has 174 valence electrons. The van der Waals surface area contributed by atoms with Crippen LogP contribution in [-0.4, -0.2) is 63.9 Å². The van der Waals surface area contributed by atoms with Crippen LogP contribution in [0.4, 0.5) is 14.7 Å². The third-order valence-corrected chi connectivity index (χ3v) is 5.26. The Balaban J connectivity index is 1.67. The molecular weight excluding hydrogens is 434 g/mol. The minimum absolute atomic E-state index is 0.0793. The van der Waals surface area contributed by atoms with Crippen LogP contribution in [0.5, 0.6) is 0 Å². The molecule has 9 nitrogen and oxygen atoms in total. The molecule has 2 heterocycles. The van der Waals surface area contributed by atoms with E-state index in [1.54, 1.807) is 18.5 Å². The summed E-state index contributed by atoms with van der Waals surface area (Å²) >= 11 is 0. The van der Waals surface area contributed by atoms with Crippen LogP contribution in [0, 0.1) is 11.6 Å². The first-order valence-electron chi connectivity index (χ1n) is 10.3. The SMILES string of the molecule is C/C=C(/NC(=O)c1c(F)cccc1F)C(=NC)C(=O)N(O)C1CCN(c2ncccn2)CC1. The number of hydroxylamine groups is 2. The Labute approximate surface area is 189 Å². The van der Waals surface area contributed by atoms with E-state index in [-0.39, 0.29) is 11.4 Å². The zero-order chi connectivity index (χ0) is 24.0. The van der Waals surface area contributed by atoms with E-state index in [4.69, 9.17) is 0 Å². The topological polar surface area (TPSA) is 111 Å². The predicted octanol–water partition coefficient (Wildman–Crippen LogP) is 2.35. The Bertz CT molecular complexity index is 1050. The zero-order valence-electron chi connectivity index (χ0n) is 18.2. The van der Waals surface area contributed by atoms with E-state index in [2.05, 4.69) is 20.3 Å². The molecular formula is C22H24F2N6O3. The molecule has 0 saturated carbocycles.